The molecule has 0 aliphatic rings. The van der Waals surface area contributed by atoms with Gasteiger partial charge in [-0.05, 0) is 40.8 Å². The second kappa shape index (κ2) is 6.89. The molecule has 0 amide bonds. The van der Waals surface area contributed by atoms with E-state index in [2.05, 4.69) is 41.4 Å². The van der Waals surface area contributed by atoms with Crippen molar-refractivity contribution in [2.75, 3.05) is 14.2 Å². The molecule has 0 bridgehead atoms. The lowest BCUT2D eigenvalue weighted by atomic mass is 9.99. The first-order valence-electron chi connectivity index (χ1n) is 8.47. The quantitative estimate of drug-likeness (QED) is 0.485. The molecule has 0 atom stereocenters. The molecule has 0 saturated heterocycles. The van der Waals surface area contributed by atoms with Crippen LogP contribution in [-0.4, -0.2) is 19.2 Å². The Balaban J connectivity index is 1.82. The zero-order valence-corrected chi connectivity index (χ0v) is 14.8. The second-order valence-electron chi connectivity index (χ2n) is 6.03. The number of ether oxygens (including phenoxy) is 2. The molecule has 0 unspecified atom stereocenters. The molecular weight excluding hydrogens is 322 g/mol. The summed E-state index contributed by atoms with van der Waals surface area (Å²) in [6, 6.07) is 24.7. The van der Waals surface area contributed by atoms with Gasteiger partial charge in [-0.25, -0.2) is 0 Å². The number of pyridine rings is 1. The van der Waals surface area contributed by atoms with Crippen LogP contribution in [-0.2, 0) is 0 Å². The molecule has 0 N–H and O–H groups in total. The summed E-state index contributed by atoms with van der Waals surface area (Å²) in [4.78, 5) is 4.63. The normalized spacial score (nSPS) is 10.7. The largest absolute Gasteiger partial charge is 0.493 e. The summed E-state index contributed by atoms with van der Waals surface area (Å²) in [5.41, 5.74) is 4.27. The highest BCUT2D eigenvalue weighted by Crippen LogP contribution is 2.34. The van der Waals surface area contributed by atoms with E-state index in [0.29, 0.717) is 0 Å². The SMILES string of the molecule is COc1ccc(-c2cccc(-c3nccc4ccccc34)c2)cc1OC. The summed E-state index contributed by atoms with van der Waals surface area (Å²) < 4.78 is 10.8. The van der Waals surface area contributed by atoms with Crippen molar-refractivity contribution in [1.82, 2.24) is 4.98 Å². The topological polar surface area (TPSA) is 31.4 Å². The van der Waals surface area contributed by atoms with Crippen molar-refractivity contribution < 1.29 is 9.47 Å². The monoisotopic (exact) mass is 341 g/mol. The van der Waals surface area contributed by atoms with Gasteiger partial charge in [0.1, 0.15) is 0 Å². The molecule has 1 heterocycles. The molecule has 3 aromatic carbocycles. The Bertz CT molecular complexity index is 1070. The minimum atomic E-state index is 0.721. The molecule has 128 valence electrons. The molecule has 0 spiro atoms. The molecule has 0 aliphatic heterocycles. The summed E-state index contributed by atoms with van der Waals surface area (Å²) in [7, 11) is 3.29. The first-order valence-corrected chi connectivity index (χ1v) is 8.47. The zero-order valence-electron chi connectivity index (χ0n) is 14.8. The van der Waals surface area contributed by atoms with Crippen molar-refractivity contribution >= 4 is 10.8 Å². The van der Waals surface area contributed by atoms with Gasteiger partial charge in [0.05, 0.1) is 19.9 Å². The maximum Gasteiger partial charge on any atom is 0.161 e. The third-order valence-corrected chi connectivity index (χ3v) is 4.53. The van der Waals surface area contributed by atoms with E-state index in [-0.39, 0.29) is 0 Å². The molecule has 4 rings (SSSR count). The molecule has 0 radical (unpaired) electrons. The molecule has 0 fully saturated rings. The molecule has 4 aromatic rings. The number of rotatable bonds is 4. The predicted octanol–water partition coefficient (Wildman–Crippen LogP) is 5.59. The van der Waals surface area contributed by atoms with Crippen LogP contribution < -0.4 is 9.47 Å². The average molecular weight is 341 g/mol. The van der Waals surface area contributed by atoms with Crippen LogP contribution in [0.5, 0.6) is 11.5 Å². The van der Waals surface area contributed by atoms with Gasteiger partial charge in [-0.2, -0.15) is 0 Å². The molecule has 3 heteroatoms. The highest BCUT2D eigenvalue weighted by atomic mass is 16.5. The Morgan fingerprint density at radius 2 is 1.42 bits per heavy atom. The third kappa shape index (κ3) is 2.88. The molecule has 0 saturated carbocycles. The van der Waals surface area contributed by atoms with Crippen LogP contribution in [0.2, 0.25) is 0 Å². The van der Waals surface area contributed by atoms with Crippen LogP contribution in [0, 0.1) is 0 Å². The van der Waals surface area contributed by atoms with Gasteiger partial charge in [0, 0.05) is 17.1 Å². The second-order valence-corrected chi connectivity index (χ2v) is 6.03. The minimum absolute atomic E-state index is 0.721. The van der Waals surface area contributed by atoms with E-state index in [1.54, 1.807) is 14.2 Å². The molecule has 26 heavy (non-hydrogen) atoms. The number of hydrogen-bond donors (Lipinski definition) is 0. The van der Waals surface area contributed by atoms with Crippen LogP contribution in [0.1, 0.15) is 0 Å². The Labute approximate surface area is 152 Å². The van der Waals surface area contributed by atoms with Gasteiger partial charge in [-0.3, -0.25) is 4.98 Å². The number of fused-ring (bicyclic) bond motifs is 1. The van der Waals surface area contributed by atoms with Crippen LogP contribution in [0.4, 0.5) is 0 Å². The number of hydrogen-bond acceptors (Lipinski definition) is 3. The van der Waals surface area contributed by atoms with E-state index in [1.165, 1.54) is 5.39 Å². The number of aromatic nitrogens is 1. The van der Waals surface area contributed by atoms with Gasteiger partial charge in [0.25, 0.3) is 0 Å². The van der Waals surface area contributed by atoms with Crippen molar-refractivity contribution in [3.8, 4) is 33.9 Å². The lowest BCUT2D eigenvalue weighted by Gasteiger charge is -2.11. The van der Waals surface area contributed by atoms with Crippen LogP contribution in [0.3, 0.4) is 0 Å². The minimum Gasteiger partial charge on any atom is -0.493 e. The highest BCUT2D eigenvalue weighted by molar-refractivity contribution is 5.95. The van der Waals surface area contributed by atoms with Gasteiger partial charge >= 0.3 is 0 Å². The Hall–Kier alpha value is -3.33. The number of methoxy groups -OCH3 is 2. The highest BCUT2D eigenvalue weighted by Gasteiger charge is 2.09. The maximum absolute atomic E-state index is 5.43. The summed E-state index contributed by atoms with van der Waals surface area (Å²) in [6.45, 7) is 0. The third-order valence-electron chi connectivity index (χ3n) is 4.53. The van der Waals surface area contributed by atoms with E-state index in [9.17, 15) is 0 Å². The van der Waals surface area contributed by atoms with E-state index in [4.69, 9.17) is 9.47 Å². The summed E-state index contributed by atoms with van der Waals surface area (Å²) in [5, 5.41) is 2.34. The molecule has 1 aromatic heterocycles. The van der Waals surface area contributed by atoms with Crippen molar-refractivity contribution in [3.63, 3.8) is 0 Å². The summed E-state index contributed by atoms with van der Waals surface area (Å²) >= 11 is 0. The summed E-state index contributed by atoms with van der Waals surface area (Å²) in [6.07, 6.45) is 1.86. The number of nitrogens with zero attached hydrogens (tertiary/aromatic N) is 1. The standard InChI is InChI=1S/C23H19NO2/c1-25-21-11-10-18(15-22(21)26-2)17-7-5-8-19(14-17)23-20-9-4-3-6-16(20)12-13-24-23/h3-15H,1-2H3. The van der Waals surface area contributed by atoms with Gasteiger partial charge in [-0.15, -0.1) is 0 Å². The Kier molecular flexibility index (Phi) is 4.28. The molecule has 0 aliphatic carbocycles. The van der Waals surface area contributed by atoms with Gasteiger partial charge in [-0.1, -0.05) is 48.5 Å². The molecular formula is C23H19NO2. The predicted molar refractivity (Wildman–Crippen MR) is 106 cm³/mol. The fourth-order valence-electron chi connectivity index (χ4n) is 3.21. The van der Waals surface area contributed by atoms with Crippen molar-refractivity contribution in [3.05, 3.63) is 79.0 Å². The van der Waals surface area contributed by atoms with Crippen LogP contribution in [0.15, 0.2) is 79.0 Å². The van der Waals surface area contributed by atoms with Gasteiger partial charge in [0.15, 0.2) is 11.5 Å². The first-order chi connectivity index (χ1) is 12.8. The average Bonchev–Trinajstić information content (AvgIpc) is 2.73. The maximum atomic E-state index is 5.43. The van der Waals surface area contributed by atoms with Crippen molar-refractivity contribution in [2.24, 2.45) is 0 Å². The Morgan fingerprint density at radius 3 is 2.27 bits per heavy atom. The zero-order chi connectivity index (χ0) is 17.9. The van der Waals surface area contributed by atoms with Crippen molar-refractivity contribution in [1.29, 1.82) is 0 Å². The van der Waals surface area contributed by atoms with E-state index < -0.39 is 0 Å². The van der Waals surface area contributed by atoms with Crippen molar-refractivity contribution in [2.45, 2.75) is 0 Å². The fraction of sp³-hybridized carbons (Fsp3) is 0.0870. The lowest BCUT2D eigenvalue weighted by Crippen LogP contribution is -1.91. The fourth-order valence-corrected chi connectivity index (χ4v) is 3.21. The molecule has 3 nitrogen and oxygen atoms in total. The van der Waals surface area contributed by atoms with E-state index >= 15 is 0 Å². The Morgan fingerprint density at radius 1 is 0.654 bits per heavy atom. The van der Waals surface area contributed by atoms with Gasteiger partial charge in [0.2, 0.25) is 0 Å². The van der Waals surface area contributed by atoms with Crippen LogP contribution >= 0.6 is 0 Å². The van der Waals surface area contributed by atoms with Crippen LogP contribution in [0.25, 0.3) is 33.2 Å². The lowest BCUT2D eigenvalue weighted by molar-refractivity contribution is 0.355. The van der Waals surface area contributed by atoms with E-state index in [1.807, 2.05) is 42.6 Å². The first kappa shape index (κ1) is 16.2. The van der Waals surface area contributed by atoms with E-state index in [0.717, 1.165) is 39.3 Å². The summed E-state index contributed by atoms with van der Waals surface area (Å²) in [5.74, 6) is 1.45. The number of benzene rings is 3. The van der Waals surface area contributed by atoms with Gasteiger partial charge < -0.3 is 9.47 Å². The smallest absolute Gasteiger partial charge is 0.161 e.